The van der Waals surface area contributed by atoms with Crippen LogP contribution in [0, 0.1) is 0 Å². The highest BCUT2D eigenvalue weighted by atomic mass is 32.1. The maximum atomic E-state index is 13.0. The Morgan fingerprint density at radius 2 is 1.76 bits per heavy atom. The molecular formula is C26H32N6O4S. The minimum absolute atomic E-state index is 0.0172. The summed E-state index contributed by atoms with van der Waals surface area (Å²) in [5.74, 6) is -1.06. The zero-order valence-electron chi connectivity index (χ0n) is 20.7. The lowest BCUT2D eigenvalue weighted by Crippen LogP contribution is -2.37. The topological polar surface area (TPSA) is 148 Å². The molecule has 4 amide bonds. The van der Waals surface area contributed by atoms with Gasteiger partial charge in [0.05, 0.1) is 22.6 Å². The second-order valence-corrected chi connectivity index (χ2v) is 9.99. The van der Waals surface area contributed by atoms with Crippen LogP contribution in [0.1, 0.15) is 78.0 Å². The highest BCUT2D eigenvalue weighted by molar-refractivity contribution is 7.13. The third kappa shape index (κ3) is 6.73. The van der Waals surface area contributed by atoms with Crippen LogP contribution in [0.3, 0.4) is 0 Å². The van der Waals surface area contributed by atoms with Crippen LogP contribution < -0.4 is 21.7 Å². The number of nitrogens with zero attached hydrogens (tertiary/aromatic N) is 2. The third-order valence-electron chi connectivity index (χ3n) is 6.42. The van der Waals surface area contributed by atoms with Gasteiger partial charge in [-0.05, 0) is 36.5 Å². The molecule has 0 saturated carbocycles. The lowest BCUT2D eigenvalue weighted by atomic mass is 10.1. The highest BCUT2D eigenvalue weighted by Crippen LogP contribution is 2.27. The van der Waals surface area contributed by atoms with Crippen LogP contribution in [-0.4, -0.2) is 39.1 Å². The van der Waals surface area contributed by atoms with E-state index in [0.717, 1.165) is 55.0 Å². The summed E-state index contributed by atoms with van der Waals surface area (Å²) >= 11 is 1.26. The van der Waals surface area contributed by atoms with Crippen molar-refractivity contribution in [1.82, 2.24) is 19.6 Å². The number of benzene rings is 1. The van der Waals surface area contributed by atoms with Gasteiger partial charge in [0.15, 0.2) is 0 Å². The monoisotopic (exact) mass is 524 g/mol. The molecule has 4 rings (SSSR count). The maximum Gasteiger partial charge on any atom is 0.276 e. The van der Waals surface area contributed by atoms with Crippen LogP contribution in [0.4, 0.5) is 5.69 Å². The van der Waals surface area contributed by atoms with Gasteiger partial charge >= 0.3 is 0 Å². The van der Waals surface area contributed by atoms with Gasteiger partial charge < -0.3 is 26.3 Å². The Morgan fingerprint density at radius 3 is 2.54 bits per heavy atom. The first-order chi connectivity index (χ1) is 17.9. The first-order valence-corrected chi connectivity index (χ1v) is 13.4. The van der Waals surface area contributed by atoms with E-state index in [1.54, 1.807) is 10.6 Å². The molecule has 0 saturated heterocycles. The molecule has 10 nitrogen and oxygen atoms in total. The van der Waals surface area contributed by atoms with Crippen LogP contribution in [0.25, 0.3) is 10.1 Å². The van der Waals surface area contributed by atoms with Gasteiger partial charge in [0, 0.05) is 18.4 Å². The molecule has 196 valence electrons. The Morgan fingerprint density at radius 1 is 1.03 bits per heavy atom. The minimum atomic E-state index is -0.357. The second kappa shape index (κ2) is 12.5. The molecule has 0 aliphatic carbocycles. The average molecular weight is 525 g/mol. The summed E-state index contributed by atoms with van der Waals surface area (Å²) in [6.07, 6.45) is 7.36. The van der Waals surface area contributed by atoms with E-state index in [1.165, 1.54) is 11.5 Å². The number of amides is 4. The van der Waals surface area contributed by atoms with Crippen LogP contribution in [0.15, 0.2) is 30.3 Å². The predicted molar refractivity (Wildman–Crippen MR) is 142 cm³/mol. The standard InChI is InChI=1S/C26H32N6O4S/c27-22(33)12-6-4-2-1-3-5-9-13-28-25(35)19-14-18(20-15-29-23(34)16-32(19)20)30-26(36)24-17-10-7-8-11-21(17)37-31-24/h7-8,10-11,14H,1-6,9,12-13,15-16H2,(H2,27,33)(H,28,35)(H,29,34)(H,30,36). The number of hydrogen-bond acceptors (Lipinski definition) is 6. The molecular weight excluding hydrogens is 492 g/mol. The van der Waals surface area contributed by atoms with Gasteiger partial charge in [-0.15, -0.1) is 0 Å². The van der Waals surface area contributed by atoms with E-state index < -0.39 is 0 Å². The van der Waals surface area contributed by atoms with Gasteiger partial charge in [0.1, 0.15) is 17.9 Å². The fourth-order valence-corrected chi connectivity index (χ4v) is 5.24. The Bertz CT molecular complexity index is 1300. The van der Waals surface area contributed by atoms with Gasteiger partial charge in [-0.1, -0.05) is 50.3 Å². The molecule has 1 aromatic carbocycles. The number of nitrogens with one attached hydrogen (secondary N) is 3. The Hall–Kier alpha value is -3.73. The fourth-order valence-electron chi connectivity index (χ4n) is 4.47. The molecule has 0 radical (unpaired) electrons. The summed E-state index contributed by atoms with van der Waals surface area (Å²) in [6, 6.07) is 9.15. The van der Waals surface area contributed by atoms with Gasteiger partial charge in [0.25, 0.3) is 11.8 Å². The van der Waals surface area contributed by atoms with Crippen LogP contribution in [-0.2, 0) is 22.7 Å². The molecule has 3 heterocycles. The number of anilines is 1. The van der Waals surface area contributed by atoms with E-state index >= 15 is 0 Å². The van der Waals surface area contributed by atoms with E-state index in [-0.39, 0.29) is 36.7 Å². The number of carbonyl (C=O) groups is 4. The molecule has 11 heteroatoms. The lowest BCUT2D eigenvalue weighted by molar-refractivity contribution is -0.122. The van der Waals surface area contributed by atoms with Gasteiger partial charge in [-0.25, -0.2) is 0 Å². The van der Waals surface area contributed by atoms with E-state index in [2.05, 4.69) is 20.3 Å². The number of fused-ring (bicyclic) bond motifs is 2. The first-order valence-electron chi connectivity index (χ1n) is 12.7. The summed E-state index contributed by atoms with van der Waals surface area (Å²) in [4.78, 5) is 48.8. The number of hydrogen-bond donors (Lipinski definition) is 4. The Balaban J connectivity index is 1.32. The molecule has 0 atom stereocenters. The molecule has 5 N–H and O–H groups in total. The quantitative estimate of drug-likeness (QED) is 0.253. The number of aromatic nitrogens is 2. The Labute approximate surface area is 219 Å². The van der Waals surface area contributed by atoms with Crippen molar-refractivity contribution in [3.05, 3.63) is 47.4 Å². The number of rotatable bonds is 13. The minimum Gasteiger partial charge on any atom is -0.370 e. The smallest absolute Gasteiger partial charge is 0.276 e. The van der Waals surface area contributed by atoms with Gasteiger partial charge in [-0.2, -0.15) is 4.37 Å². The third-order valence-corrected chi connectivity index (χ3v) is 7.25. The fraction of sp³-hybridized carbons (Fsp3) is 0.423. The molecule has 3 aromatic rings. The second-order valence-electron chi connectivity index (χ2n) is 9.18. The molecule has 0 fully saturated rings. The van der Waals surface area contributed by atoms with E-state index in [0.29, 0.717) is 35.7 Å². The molecule has 0 spiro atoms. The number of carbonyl (C=O) groups excluding carboxylic acids is 4. The molecule has 2 aromatic heterocycles. The van der Waals surface area contributed by atoms with Crippen molar-refractivity contribution in [2.75, 3.05) is 11.9 Å². The lowest BCUT2D eigenvalue weighted by Gasteiger charge is -2.19. The van der Waals surface area contributed by atoms with Crippen molar-refractivity contribution in [1.29, 1.82) is 0 Å². The van der Waals surface area contributed by atoms with Gasteiger partial charge in [0.2, 0.25) is 11.8 Å². The zero-order chi connectivity index (χ0) is 26.2. The van der Waals surface area contributed by atoms with Crippen molar-refractivity contribution in [2.24, 2.45) is 5.73 Å². The van der Waals surface area contributed by atoms with Gasteiger partial charge in [-0.3, -0.25) is 19.2 Å². The summed E-state index contributed by atoms with van der Waals surface area (Å²) in [6.45, 7) is 0.766. The first kappa shape index (κ1) is 26.3. The van der Waals surface area contributed by atoms with Crippen molar-refractivity contribution >= 4 is 50.9 Å². The van der Waals surface area contributed by atoms with E-state index in [4.69, 9.17) is 5.73 Å². The summed E-state index contributed by atoms with van der Waals surface area (Å²) in [5, 5.41) is 9.39. The van der Waals surface area contributed by atoms with Crippen molar-refractivity contribution in [3.8, 4) is 0 Å². The normalized spacial score (nSPS) is 12.7. The van der Waals surface area contributed by atoms with Crippen LogP contribution >= 0.6 is 11.5 Å². The van der Waals surface area contributed by atoms with Crippen LogP contribution in [0.2, 0.25) is 0 Å². The van der Waals surface area contributed by atoms with E-state index in [1.807, 2.05) is 24.3 Å². The molecule has 0 unspecified atom stereocenters. The zero-order valence-corrected chi connectivity index (χ0v) is 21.5. The number of unbranched alkanes of at least 4 members (excludes halogenated alkanes) is 6. The highest BCUT2D eigenvalue weighted by Gasteiger charge is 2.26. The Kier molecular flexibility index (Phi) is 8.89. The summed E-state index contributed by atoms with van der Waals surface area (Å²) in [5.41, 5.74) is 6.99. The van der Waals surface area contributed by atoms with Crippen molar-refractivity contribution in [3.63, 3.8) is 0 Å². The average Bonchev–Trinajstić information content (AvgIpc) is 3.46. The maximum absolute atomic E-state index is 13.0. The summed E-state index contributed by atoms with van der Waals surface area (Å²) in [7, 11) is 0. The van der Waals surface area contributed by atoms with E-state index in [9.17, 15) is 19.2 Å². The number of nitrogens with two attached hydrogens (primary N) is 1. The predicted octanol–water partition coefficient (Wildman–Crippen LogP) is 3.32. The summed E-state index contributed by atoms with van der Waals surface area (Å²) < 4.78 is 6.89. The molecule has 37 heavy (non-hydrogen) atoms. The number of primary amides is 1. The van der Waals surface area contributed by atoms with Crippen molar-refractivity contribution < 1.29 is 19.2 Å². The molecule has 0 bridgehead atoms. The SMILES string of the molecule is NC(=O)CCCCCCCCCNC(=O)c1cc(NC(=O)c2nsc3ccccc23)c2n1CC(=O)NC2. The molecule has 1 aliphatic heterocycles. The van der Waals surface area contributed by atoms with Crippen LogP contribution in [0.5, 0.6) is 0 Å². The largest absolute Gasteiger partial charge is 0.370 e. The molecule has 1 aliphatic rings. The van der Waals surface area contributed by atoms with Crippen molar-refractivity contribution in [2.45, 2.75) is 64.5 Å².